The van der Waals surface area contributed by atoms with E-state index < -0.39 is 16.1 Å². The van der Waals surface area contributed by atoms with Crippen LogP contribution in [0.25, 0.3) is 27.9 Å². The Morgan fingerprint density at radius 3 is 2.44 bits per heavy atom. The molecule has 2 N–H and O–H groups in total. The molecule has 0 amide bonds. The number of anilines is 1. The molecule has 3 aromatic heterocycles. The SMILES string of the molecule is COc1ccc(CN2C=C(Cc3ccc(N)cc3)n3cc(-c4cn(S(=O)(=O)c5ccccc5)c5ncccc45)cc3C2C=O)c(OC)c1. The number of ether oxygens (including phenoxy) is 2. The lowest BCUT2D eigenvalue weighted by Crippen LogP contribution is -2.31. The molecule has 1 aliphatic rings. The molecule has 0 fully saturated rings. The van der Waals surface area contributed by atoms with Crippen LogP contribution in [0.15, 0.2) is 121 Å². The summed E-state index contributed by atoms with van der Waals surface area (Å²) in [5, 5.41) is 0.673. The summed E-state index contributed by atoms with van der Waals surface area (Å²) in [6.07, 6.45) is 8.62. The number of nitrogen functional groups attached to an aromatic ring is 1. The second-order valence-electron chi connectivity index (χ2n) is 11.5. The highest BCUT2D eigenvalue weighted by molar-refractivity contribution is 7.90. The van der Waals surface area contributed by atoms with Crippen LogP contribution >= 0.6 is 0 Å². The molecule has 1 unspecified atom stereocenters. The van der Waals surface area contributed by atoms with E-state index in [-0.39, 0.29) is 4.90 Å². The number of hydrogen-bond donors (Lipinski definition) is 1. The number of fused-ring (bicyclic) bond motifs is 2. The lowest BCUT2D eigenvalue weighted by atomic mass is 10.0. The number of hydrogen-bond acceptors (Lipinski definition) is 8. The fraction of sp³-hybridized carbons (Fsp3) is 0.135. The summed E-state index contributed by atoms with van der Waals surface area (Å²) in [7, 11) is -0.733. The molecule has 6 aromatic rings. The third-order valence-electron chi connectivity index (χ3n) is 8.62. The zero-order chi connectivity index (χ0) is 33.4. The molecule has 48 heavy (non-hydrogen) atoms. The fourth-order valence-electron chi connectivity index (χ4n) is 6.20. The van der Waals surface area contributed by atoms with Crippen LogP contribution in [-0.4, -0.2) is 47.3 Å². The number of methoxy groups -OCH3 is 2. The van der Waals surface area contributed by atoms with Gasteiger partial charge in [-0.15, -0.1) is 0 Å². The minimum Gasteiger partial charge on any atom is -0.497 e. The van der Waals surface area contributed by atoms with Crippen LogP contribution in [0.2, 0.25) is 0 Å². The number of aldehydes is 1. The second kappa shape index (κ2) is 12.4. The maximum Gasteiger partial charge on any atom is 0.269 e. The summed E-state index contributed by atoms with van der Waals surface area (Å²) in [4.78, 5) is 19.5. The largest absolute Gasteiger partial charge is 0.497 e. The van der Waals surface area contributed by atoms with Crippen LogP contribution in [-0.2, 0) is 27.8 Å². The monoisotopic (exact) mass is 659 g/mol. The molecule has 0 saturated heterocycles. The molecule has 1 aliphatic heterocycles. The Hall–Kier alpha value is -5.81. The Kier molecular flexibility index (Phi) is 7.98. The topological polar surface area (TPSA) is 122 Å². The maximum atomic E-state index is 13.8. The Labute approximate surface area is 278 Å². The van der Waals surface area contributed by atoms with Crippen LogP contribution in [0.4, 0.5) is 5.69 Å². The average molecular weight is 660 g/mol. The highest BCUT2D eigenvalue weighted by atomic mass is 32.2. The summed E-state index contributed by atoms with van der Waals surface area (Å²) < 4.78 is 41.9. The molecule has 242 valence electrons. The van der Waals surface area contributed by atoms with E-state index in [0.29, 0.717) is 46.7 Å². The number of aromatic nitrogens is 3. The lowest BCUT2D eigenvalue weighted by molar-refractivity contribution is -0.112. The van der Waals surface area contributed by atoms with Gasteiger partial charge in [-0.25, -0.2) is 17.4 Å². The van der Waals surface area contributed by atoms with Crippen molar-refractivity contribution >= 4 is 38.7 Å². The molecule has 0 bridgehead atoms. The van der Waals surface area contributed by atoms with E-state index in [2.05, 4.69) is 4.98 Å². The first-order valence-corrected chi connectivity index (χ1v) is 16.7. The van der Waals surface area contributed by atoms with Crippen molar-refractivity contribution in [3.05, 3.63) is 133 Å². The number of pyridine rings is 1. The van der Waals surface area contributed by atoms with Crippen molar-refractivity contribution in [2.75, 3.05) is 20.0 Å². The van der Waals surface area contributed by atoms with Crippen LogP contribution < -0.4 is 15.2 Å². The number of nitrogens with zero attached hydrogens (tertiary/aromatic N) is 4. The summed E-state index contributed by atoms with van der Waals surface area (Å²) in [6, 6.07) is 26.6. The molecule has 1 atom stereocenters. The molecule has 0 spiro atoms. The van der Waals surface area contributed by atoms with Gasteiger partial charge in [0, 0.05) is 77.3 Å². The molecule has 0 saturated carbocycles. The quantitative estimate of drug-likeness (QED) is 0.138. The van der Waals surface area contributed by atoms with E-state index in [1.807, 2.05) is 76.5 Å². The van der Waals surface area contributed by atoms with Crippen molar-refractivity contribution in [3.63, 3.8) is 0 Å². The first-order chi connectivity index (χ1) is 23.3. The molecule has 4 heterocycles. The van der Waals surface area contributed by atoms with Crippen molar-refractivity contribution in [1.29, 1.82) is 0 Å². The predicted octanol–water partition coefficient (Wildman–Crippen LogP) is 6.14. The van der Waals surface area contributed by atoms with Crippen LogP contribution in [0, 0.1) is 0 Å². The minimum atomic E-state index is -3.94. The lowest BCUT2D eigenvalue weighted by Gasteiger charge is -2.34. The first-order valence-electron chi connectivity index (χ1n) is 15.3. The standard InChI is InChI=1S/C37H33N5O5S/c1-46-30-15-12-26(36(19-30)47-2)20-40-22-29(17-25-10-13-28(38)14-11-25)41-21-27(18-34(41)35(40)24-43)33-23-42(37-32(33)9-6-16-39-37)48(44,45)31-7-4-3-5-8-31/h3-16,18-19,21-24,35H,17,20,38H2,1-2H3. The van der Waals surface area contributed by atoms with E-state index in [1.54, 1.807) is 63.0 Å². The van der Waals surface area contributed by atoms with Gasteiger partial charge < -0.3 is 29.5 Å². The van der Waals surface area contributed by atoms with E-state index in [1.165, 1.54) is 3.97 Å². The summed E-state index contributed by atoms with van der Waals surface area (Å²) in [6.45, 7) is 0.390. The van der Waals surface area contributed by atoms with Crippen LogP contribution in [0.3, 0.4) is 0 Å². The van der Waals surface area contributed by atoms with E-state index in [9.17, 15) is 13.2 Å². The van der Waals surface area contributed by atoms with Crippen molar-refractivity contribution in [3.8, 4) is 22.6 Å². The van der Waals surface area contributed by atoms with E-state index >= 15 is 0 Å². The Morgan fingerprint density at radius 2 is 1.71 bits per heavy atom. The van der Waals surface area contributed by atoms with E-state index in [0.717, 1.165) is 34.4 Å². The molecule has 7 rings (SSSR count). The number of carbonyl (C=O) groups is 1. The number of rotatable bonds is 10. The Balaban J connectivity index is 1.36. The van der Waals surface area contributed by atoms with E-state index in [4.69, 9.17) is 15.2 Å². The van der Waals surface area contributed by atoms with Crippen molar-refractivity contribution in [2.24, 2.45) is 0 Å². The smallest absolute Gasteiger partial charge is 0.269 e. The maximum absolute atomic E-state index is 13.8. The highest BCUT2D eigenvalue weighted by Crippen LogP contribution is 2.40. The Bertz CT molecular complexity index is 2270. The van der Waals surface area contributed by atoms with Gasteiger partial charge >= 0.3 is 0 Å². The van der Waals surface area contributed by atoms with Gasteiger partial charge in [-0.05, 0) is 60.2 Å². The summed E-state index contributed by atoms with van der Waals surface area (Å²) in [5.74, 6) is 1.32. The fourth-order valence-corrected chi connectivity index (χ4v) is 7.55. The van der Waals surface area contributed by atoms with Crippen molar-refractivity contribution in [2.45, 2.75) is 23.9 Å². The molecule has 10 nitrogen and oxygen atoms in total. The molecule has 3 aromatic carbocycles. The van der Waals surface area contributed by atoms with Gasteiger partial charge in [-0.3, -0.25) is 0 Å². The summed E-state index contributed by atoms with van der Waals surface area (Å²) >= 11 is 0. The Morgan fingerprint density at radius 1 is 0.917 bits per heavy atom. The zero-order valence-electron chi connectivity index (χ0n) is 26.4. The molecule has 0 radical (unpaired) electrons. The third-order valence-corrected chi connectivity index (χ3v) is 10.3. The normalized spacial score (nSPS) is 14.4. The second-order valence-corrected chi connectivity index (χ2v) is 13.3. The zero-order valence-corrected chi connectivity index (χ0v) is 27.2. The van der Waals surface area contributed by atoms with Crippen molar-refractivity contribution in [1.82, 2.24) is 18.4 Å². The van der Waals surface area contributed by atoms with Gasteiger partial charge in [0.25, 0.3) is 10.0 Å². The van der Waals surface area contributed by atoms with Crippen molar-refractivity contribution < 1.29 is 22.7 Å². The number of benzene rings is 3. The number of carbonyl (C=O) groups excluding carboxylic acids is 1. The highest BCUT2D eigenvalue weighted by Gasteiger charge is 2.31. The molecule has 0 aliphatic carbocycles. The average Bonchev–Trinajstić information content (AvgIpc) is 3.73. The molecular weight excluding hydrogens is 627 g/mol. The molecule has 11 heteroatoms. The van der Waals surface area contributed by atoms with Crippen LogP contribution in [0.5, 0.6) is 11.5 Å². The van der Waals surface area contributed by atoms with Gasteiger partial charge in [0.2, 0.25) is 0 Å². The first kappa shape index (κ1) is 30.8. The van der Waals surface area contributed by atoms with Gasteiger partial charge in [0.05, 0.1) is 24.8 Å². The minimum absolute atomic E-state index is 0.162. The number of nitrogens with two attached hydrogens (primary N) is 1. The van der Waals surface area contributed by atoms with Gasteiger partial charge in [0.15, 0.2) is 5.65 Å². The number of allylic oxidation sites excluding steroid dienone is 1. The third kappa shape index (κ3) is 5.47. The van der Waals surface area contributed by atoms with Gasteiger partial charge in [-0.2, -0.15) is 0 Å². The van der Waals surface area contributed by atoms with Gasteiger partial charge in [0.1, 0.15) is 23.8 Å². The van der Waals surface area contributed by atoms with Gasteiger partial charge in [-0.1, -0.05) is 30.3 Å². The van der Waals surface area contributed by atoms with Crippen LogP contribution in [0.1, 0.15) is 22.9 Å². The molecular formula is C37H33N5O5S. The predicted molar refractivity (Wildman–Crippen MR) is 185 cm³/mol. The summed E-state index contributed by atoms with van der Waals surface area (Å²) in [5.41, 5.74) is 12.0.